The van der Waals surface area contributed by atoms with Crippen molar-refractivity contribution in [3.05, 3.63) is 35.9 Å². The molecule has 3 atom stereocenters. The van der Waals surface area contributed by atoms with Crippen LogP contribution in [-0.2, 0) is 4.79 Å². The van der Waals surface area contributed by atoms with Crippen LogP contribution in [0.1, 0.15) is 38.6 Å². The maximum atomic E-state index is 12.1. The number of carbonyl (C=O) groups is 1. The molecule has 2 fully saturated rings. The van der Waals surface area contributed by atoms with E-state index >= 15 is 0 Å². The van der Waals surface area contributed by atoms with Crippen molar-refractivity contribution >= 4 is 11.6 Å². The van der Waals surface area contributed by atoms with E-state index in [0.29, 0.717) is 5.84 Å². The van der Waals surface area contributed by atoms with Gasteiger partial charge in [-0.2, -0.15) is 5.10 Å². The molecular formula is C15H17N3O. The smallest absolute Gasteiger partial charge is 0.202 e. The van der Waals surface area contributed by atoms with Gasteiger partial charge in [0.1, 0.15) is 6.17 Å². The molecule has 0 bridgehead atoms. The van der Waals surface area contributed by atoms with Gasteiger partial charge in [-0.1, -0.05) is 30.3 Å². The Kier molecular flexibility index (Phi) is 2.15. The molecule has 0 aromatic heterocycles. The van der Waals surface area contributed by atoms with E-state index in [1.165, 1.54) is 0 Å². The highest BCUT2D eigenvalue weighted by Crippen LogP contribution is 2.38. The van der Waals surface area contributed by atoms with Gasteiger partial charge in [0.05, 0.1) is 6.04 Å². The van der Waals surface area contributed by atoms with Gasteiger partial charge in [-0.05, 0) is 31.2 Å². The third kappa shape index (κ3) is 1.82. The summed E-state index contributed by atoms with van der Waals surface area (Å²) in [6.07, 6.45) is 2.30. The Hall–Kier alpha value is -1.84. The van der Waals surface area contributed by atoms with E-state index in [1.807, 2.05) is 23.2 Å². The van der Waals surface area contributed by atoms with Crippen LogP contribution < -0.4 is 5.32 Å². The summed E-state index contributed by atoms with van der Waals surface area (Å²) < 4.78 is 8.20. The Balaban J connectivity index is 1.62. The number of hydrogen-bond donors (Lipinski definition) is 1. The number of nitrogens with one attached hydrogen (secondary N) is 1. The largest absolute Gasteiger partial charge is 0.344 e. The molecule has 1 saturated heterocycles. The van der Waals surface area contributed by atoms with Crippen LogP contribution in [0.3, 0.4) is 0 Å². The summed E-state index contributed by atoms with van der Waals surface area (Å²) in [5, 5.41) is 9.57. The van der Waals surface area contributed by atoms with Gasteiger partial charge in [-0.15, -0.1) is 0 Å². The molecule has 2 heterocycles. The predicted molar refractivity (Wildman–Crippen MR) is 72.3 cm³/mol. The molecule has 1 N–H and O–H groups in total. The van der Waals surface area contributed by atoms with Crippen LogP contribution in [0.4, 0.5) is 0 Å². The summed E-state index contributed by atoms with van der Waals surface area (Å²) in [6.45, 7) is 0. The third-order valence-electron chi connectivity index (χ3n) is 4.05. The number of carbonyl (C=O) groups excluding carboxylic acids is 1. The molecule has 4 rings (SSSR count). The molecule has 1 aliphatic carbocycles. The molecule has 1 saturated carbocycles. The van der Waals surface area contributed by atoms with Crippen LogP contribution in [0.2, 0.25) is 0 Å². The lowest BCUT2D eigenvalue weighted by Gasteiger charge is -2.21. The Labute approximate surface area is 113 Å². The molecule has 3 aliphatic rings. The molecule has 4 nitrogen and oxygen atoms in total. The van der Waals surface area contributed by atoms with Crippen molar-refractivity contribution in [2.24, 2.45) is 11.0 Å². The van der Waals surface area contributed by atoms with Gasteiger partial charge >= 0.3 is 0 Å². The van der Waals surface area contributed by atoms with Gasteiger partial charge in [0.2, 0.25) is 5.78 Å². The molecule has 1 unspecified atom stereocenters. The summed E-state index contributed by atoms with van der Waals surface area (Å²) in [5.74, 6) is 0.759. The fourth-order valence-corrected chi connectivity index (χ4v) is 2.83. The number of nitrogens with zero attached hydrogens (tertiary/aromatic N) is 2. The minimum atomic E-state index is -0.256. The van der Waals surface area contributed by atoms with Crippen LogP contribution >= 0.6 is 0 Å². The summed E-state index contributed by atoms with van der Waals surface area (Å²) in [7, 11) is 0. The number of Topliss-reactive ketones (excluding diaryl/α,β-unsaturated/α-hetero) is 1. The van der Waals surface area contributed by atoms with Crippen molar-refractivity contribution in [1.29, 1.82) is 0 Å². The number of ketones is 1. The van der Waals surface area contributed by atoms with Crippen LogP contribution in [0, 0.1) is 5.92 Å². The normalized spacial score (nSPS) is 33.5. The number of rotatable bonds is 3. The number of amidine groups is 1. The minimum absolute atomic E-state index is 0.0979. The van der Waals surface area contributed by atoms with Crippen molar-refractivity contribution < 1.29 is 6.17 Å². The molecule has 4 heteroatoms. The first kappa shape index (κ1) is 10.0. The second kappa shape index (κ2) is 4.08. The van der Waals surface area contributed by atoms with Gasteiger partial charge < -0.3 is 5.32 Å². The zero-order chi connectivity index (χ0) is 13.7. The van der Waals surface area contributed by atoms with Gasteiger partial charge in [-0.3, -0.25) is 9.80 Å². The summed E-state index contributed by atoms with van der Waals surface area (Å²) in [6, 6.07) is 10.2. The predicted octanol–water partition coefficient (Wildman–Crippen LogP) is 2.05. The van der Waals surface area contributed by atoms with E-state index in [1.54, 1.807) is 0 Å². The lowest BCUT2D eigenvalue weighted by atomic mass is 10.1. The van der Waals surface area contributed by atoms with Crippen LogP contribution in [0.25, 0.3) is 0 Å². The minimum Gasteiger partial charge on any atom is -0.344 e. The molecule has 2 aliphatic heterocycles. The molecule has 0 amide bonds. The highest BCUT2D eigenvalue weighted by atomic mass is 16.1. The quantitative estimate of drug-likeness (QED) is 0.900. The Morgan fingerprint density at radius 2 is 2.11 bits per heavy atom. The lowest BCUT2D eigenvalue weighted by Crippen LogP contribution is -2.37. The number of benzene rings is 1. The van der Waals surface area contributed by atoms with Gasteiger partial charge in [0.25, 0.3) is 0 Å². The summed E-state index contributed by atoms with van der Waals surface area (Å²) >= 11 is 0. The molecular weight excluding hydrogens is 238 g/mol. The zero-order valence-corrected chi connectivity index (χ0v) is 10.6. The van der Waals surface area contributed by atoms with E-state index < -0.39 is 0 Å². The van der Waals surface area contributed by atoms with E-state index in [0.717, 1.165) is 24.8 Å². The number of hydrazone groups is 1. The second-order valence-corrected chi connectivity index (χ2v) is 5.45. The van der Waals surface area contributed by atoms with E-state index in [4.69, 9.17) is 1.37 Å². The van der Waals surface area contributed by atoms with E-state index in [9.17, 15) is 4.79 Å². The Bertz CT molecular complexity index is 570. The molecule has 0 spiro atoms. The first-order valence-corrected chi connectivity index (χ1v) is 6.89. The van der Waals surface area contributed by atoms with Crippen LogP contribution in [0.15, 0.2) is 35.4 Å². The average Bonchev–Trinajstić information content (AvgIpc) is 3.15. The maximum absolute atomic E-state index is 12.1. The maximum Gasteiger partial charge on any atom is 0.202 e. The van der Waals surface area contributed by atoms with Crippen molar-refractivity contribution in [2.75, 3.05) is 0 Å². The first-order chi connectivity index (χ1) is 9.74. The van der Waals surface area contributed by atoms with Gasteiger partial charge in [-0.25, -0.2) is 0 Å². The SMILES string of the molecule is [2H][C@H]1C[C@@H](c2ccccc2)N2N=C(C(=O)C3CC3)NC12. The fraction of sp³-hybridized carbons (Fsp3) is 0.467. The Morgan fingerprint density at radius 1 is 1.32 bits per heavy atom. The number of fused-ring (bicyclic) bond motifs is 1. The monoisotopic (exact) mass is 256 g/mol. The first-order valence-electron chi connectivity index (χ1n) is 7.46. The lowest BCUT2D eigenvalue weighted by molar-refractivity contribution is -0.114. The van der Waals surface area contributed by atoms with Crippen LogP contribution in [0.5, 0.6) is 0 Å². The van der Waals surface area contributed by atoms with E-state index in [2.05, 4.69) is 22.6 Å². The molecule has 1 aromatic rings. The van der Waals surface area contributed by atoms with E-state index in [-0.39, 0.29) is 30.3 Å². The highest BCUT2D eigenvalue weighted by molar-refractivity contribution is 6.40. The number of hydrogen-bond acceptors (Lipinski definition) is 4. The molecule has 1 aromatic carbocycles. The van der Waals surface area contributed by atoms with Crippen molar-refractivity contribution in [2.45, 2.75) is 37.9 Å². The topological polar surface area (TPSA) is 44.7 Å². The highest BCUT2D eigenvalue weighted by Gasteiger charge is 2.42. The van der Waals surface area contributed by atoms with Gasteiger partial charge in [0, 0.05) is 7.29 Å². The molecule has 0 radical (unpaired) electrons. The van der Waals surface area contributed by atoms with Crippen LogP contribution in [-0.4, -0.2) is 22.8 Å². The fourth-order valence-electron chi connectivity index (χ4n) is 2.83. The van der Waals surface area contributed by atoms with Gasteiger partial charge in [0.15, 0.2) is 5.84 Å². The molecule has 19 heavy (non-hydrogen) atoms. The summed E-state index contributed by atoms with van der Waals surface area (Å²) in [5.41, 5.74) is 1.16. The zero-order valence-electron chi connectivity index (χ0n) is 11.6. The average molecular weight is 256 g/mol. The summed E-state index contributed by atoms with van der Waals surface area (Å²) in [4.78, 5) is 12.1. The second-order valence-electron chi connectivity index (χ2n) is 5.45. The van der Waals surface area contributed by atoms with Crippen molar-refractivity contribution in [3.8, 4) is 0 Å². The Morgan fingerprint density at radius 3 is 2.84 bits per heavy atom. The third-order valence-corrected chi connectivity index (χ3v) is 4.05. The van der Waals surface area contributed by atoms with Crippen molar-refractivity contribution in [1.82, 2.24) is 10.3 Å². The molecule has 98 valence electrons. The standard InChI is InChI=1S/C15H17N3O/c19-14(11-6-7-11)15-16-13-9-8-12(18(13)17-15)10-4-2-1-3-5-10/h1-5,11-13H,6-9H2,(H,16,17)/t12-,13?/m0/s1/i9D/t9-,12-,13?. The van der Waals surface area contributed by atoms with Crippen molar-refractivity contribution in [3.63, 3.8) is 0 Å².